The van der Waals surface area contributed by atoms with Crippen molar-refractivity contribution in [2.75, 3.05) is 0 Å². The van der Waals surface area contributed by atoms with Crippen LogP contribution in [0.5, 0.6) is 0 Å². The van der Waals surface area contributed by atoms with E-state index < -0.39 is 27.9 Å². The van der Waals surface area contributed by atoms with E-state index in [-0.39, 0.29) is 22.4 Å². The Kier molecular flexibility index (Phi) is 4.87. The van der Waals surface area contributed by atoms with E-state index in [9.17, 15) is 17.6 Å². The highest BCUT2D eigenvalue weighted by Gasteiger charge is 2.27. The standard InChI is InChI=1S/C13H14FNO4S/c1-4-5-11(13(16)17)15-20(18,19)12-8(2)6-10(14)7-9(12)3/h1,6-7,11,15H,5H2,2-3H3,(H,16,17). The van der Waals surface area contributed by atoms with E-state index in [1.807, 2.05) is 4.72 Å². The molecule has 1 aromatic carbocycles. The maximum atomic E-state index is 13.2. The fraction of sp³-hybridized carbons (Fsp3) is 0.308. The molecule has 0 fully saturated rings. The lowest BCUT2D eigenvalue weighted by molar-refractivity contribution is -0.138. The quantitative estimate of drug-likeness (QED) is 0.800. The van der Waals surface area contributed by atoms with Crippen LogP contribution in [-0.2, 0) is 14.8 Å². The maximum absolute atomic E-state index is 13.2. The Morgan fingerprint density at radius 1 is 1.45 bits per heavy atom. The van der Waals surface area contributed by atoms with Gasteiger partial charge in [-0.2, -0.15) is 4.72 Å². The van der Waals surface area contributed by atoms with Crippen LogP contribution in [0.25, 0.3) is 0 Å². The molecule has 1 rings (SSSR count). The number of halogens is 1. The van der Waals surface area contributed by atoms with Crippen molar-refractivity contribution < 1.29 is 22.7 Å². The van der Waals surface area contributed by atoms with Crippen molar-refractivity contribution >= 4 is 16.0 Å². The molecule has 0 aliphatic carbocycles. The number of carbonyl (C=O) groups is 1. The number of aliphatic carboxylic acids is 1. The third-order valence-electron chi connectivity index (χ3n) is 2.61. The Morgan fingerprint density at radius 3 is 2.35 bits per heavy atom. The van der Waals surface area contributed by atoms with Gasteiger partial charge >= 0.3 is 5.97 Å². The molecule has 20 heavy (non-hydrogen) atoms. The highest BCUT2D eigenvalue weighted by molar-refractivity contribution is 7.89. The van der Waals surface area contributed by atoms with Crippen molar-refractivity contribution in [1.29, 1.82) is 0 Å². The molecule has 0 aliphatic rings. The summed E-state index contributed by atoms with van der Waals surface area (Å²) >= 11 is 0. The van der Waals surface area contributed by atoms with E-state index in [0.29, 0.717) is 0 Å². The number of nitrogens with one attached hydrogen (secondary N) is 1. The topological polar surface area (TPSA) is 83.5 Å². The zero-order valence-corrected chi connectivity index (χ0v) is 11.8. The highest BCUT2D eigenvalue weighted by Crippen LogP contribution is 2.21. The first kappa shape index (κ1) is 16.1. The first-order valence-corrected chi connectivity index (χ1v) is 7.12. The highest BCUT2D eigenvalue weighted by atomic mass is 32.2. The summed E-state index contributed by atoms with van der Waals surface area (Å²) in [6.45, 7) is 2.86. The second kappa shape index (κ2) is 6.03. The summed E-state index contributed by atoms with van der Waals surface area (Å²) in [4.78, 5) is 10.8. The van der Waals surface area contributed by atoms with E-state index in [4.69, 9.17) is 11.5 Å². The molecule has 0 aliphatic heterocycles. The average Bonchev–Trinajstić information content (AvgIpc) is 2.25. The lowest BCUT2D eigenvalue weighted by atomic mass is 10.1. The molecule has 1 aromatic rings. The molecule has 2 N–H and O–H groups in total. The van der Waals surface area contributed by atoms with Gasteiger partial charge < -0.3 is 5.11 Å². The number of hydrogen-bond donors (Lipinski definition) is 2. The van der Waals surface area contributed by atoms with Crippen LogP contribution < -0.4 is 4.72 Å². The lowest BCUT2D eigenvalue weighted by Crippen LogP contribution is -2.40. The van der Waals surface area contributed by atoms with Gasteiger partial charge in [0.1, 0.15) is 11.9 Å². The van der Waals surface area contributed by atoms with Crippen molar-refractivity contribution in [2.24, 2.45) is 0 Å². The number of carboxylic acid groups (broad SMARTS) is 1. The minimum Gasteiger partial charge on any atom is -0.480 e. The Hall–Kier alpha value is -1.91. The number of benzene rings is 1. The van der Waals surface area contributed by atoms with Crippen molar-refractivity contribution in [3.05, 3.63) is 29.1 Å². The average molecular weight is 299 g/mol. The van der Waals surface area contributed by atoms with E-state index in [1.165, 1.54) is 13.8 Å². The zero-order valence-electron chi connectivity index (χ0n) is 11.0. The predicted octanol–water partition coefficient (Wildman–Crippen LogP) is 1.20. The number of hydrogen-bond acceptors (Lipinski definition) is 3. The molecular formula is C13H14FNO4S. The molecule has 0 amide bonds. The molecule has 0 saturated heterocycles. The van der Waals surface area contributed by atoms with Gasteiger partial charge in [-0.3, -0.25) is 4.79 Å². The number of rotatable bonds is 5. The molecule has 0 bridgehead atoms. The summed E-state index contributed by atoms with van der Waals surface area (Å²) in [6, 6.07) is 0.714. The summed E-state index contributed by atoms with van der Waals surface area (Å²) in [5.74, 6) is 0.164. The molecule has 0 saturated carbocycles. The first-order valence-electron chi connectivity index (χ1n) is 5.64. The van der Waals surface area contributed by atoms with Gasteiger partial charge in [0.05, 0.1) is 4.90 Å². The van der Waals surface area contributed by atoms with Crippen molar-refractivity contribution in [2.45, 2.75) is 31.2 Å². The SMILES string of the molecule is C#CCC(NS(=O)(=O)c1c(C)cc(F)cc1C)C(=O)O. The van der Waals surface area contributed by atoms with E-state index in [2.05, 4.69) is 5.92 Å². The third-order valence-corrected chi connectivity index (χ3v) is 4.39. The minimum absolute atomic E-state index is 0.137. The van der Waals surface area contributed by atoms with Gasteiger partial charge in [-0.05, 0) is 37.1 Å². The predicted molar refractivity (Wildman–Crippen MR) is 71.1 cm³/mol. The van der Waals surface area contributed by atoms with Crippen LogP contribution in [0, 0.1) is 32.0 Å². The molecule has 0 spiro atoms. The lowest BCUT2D eigenvalue weighted by Gasteiger charge is -2.15. The molecule has 0 radical (unpaired) electrons. The van der Waals surface area contributed by atoms with Crippen LogP contribution in [0.3, 0.4) is 0 Å². The number of sulfonamides is 1. The van der Waals surface area contributed by atoms with Gasteiger partial charge in [0, 0.05) is 6.42 Å². The second-order valence-corrected chi connectivity index (χ2v) is 5.94. The number of aryl methyl sites for hydroxylation is 2. The van der Waals surface area contributed by atoms with Gasteiger partial charge in [0.15, 0.2) is 0 Å². The van der Waals surface area contributed by atoms with Gasteiger partial charge in [0.2, 0.25) is 10.0 Å². The number of carboxylic acids is 1. The van der Waals surface area contributed by atoms with Gasteiger partial charge in [-0.1, -0.05) is 0 Å². The van der Waals surface area contributed by atoms with Gasteiger partial charge in [0.25, 0.3) is 0 Å². The van der Waals surface area contributed by atoms with Crippen LogP contribution in [0.1, 0.15) is 17.5 Å². The van der Waals surface area contributed by atoms with Crippen LogP contribution >= 0.6 is 0 Å². The van der Waals surface area contributed by atoms with Crippen LogP contribution in [0.15, 0.2) is 17.0 Å². The molecule has 108 valence electrons. The molecular weight excluding hydrogens is 285 g/mol. The summed E-state index contributed by atoms with van der Waals surface area (Å²) in [7, 11) is -4.10. The largest absolute Gasteiger partial charge is 0.480 e. The summed E-state index contributed by atoms with van der Waals surface area (Å²) in [6.07, 6.45) is 4.72. The maximum Gasteiger partial charge on any atom is 0.322 e. The van der Waals surface area contributed by atoms with Gasteiger partial charge in [-0.25, -0.2) is 12.8 Å². The van der Waals surface area contributed by atoms with Crippen LogP contribution in [-0.4, -0.2) is 25.5 Å². The third kappa shape index (κ3) is 3.56. The van der Waals surface area contributed by atoms with E-state index in [0.717, 1.165) is 12.1 Å². The van der Waals surface area contributed by atoms with Crippen LogP contribution in [0.4, 0.5) is 4.39 Å². The van der Waals surface area contributed by atoms with Crippen LogP contribution in [0.2, 0.25) is 0 Å². The van der Waals surface area contributed by atoms with Crippen molar-refractivity contribution in [3.63, 3.8) is 0 Å². The second-order valence-electron chi connectivity index (χ2n) is 4.29. The fourth-order valence-electron chi connectivity index (χ4n) is 1.86. The smallest absolute Gasteiger partial charge is 0.322 e. The van der Waals surface area contributed by atoms with Crippen molar-refractivity contribution in [1.82, 2.24) is 4.72 Å². The summed E-state index contributed by atoms with van der Waals surface area (Å²) in [5.41, 5.74) is 0.389. The summed E-state index contributed by atoms with van der Waals surface area (Å²) in [5, 5.41) is 8.91. The molecule has 1 atom stereocenters. The molecule has 0 aromatic heterocycles. The fourth-order valence-corrected chi connectivity index (χ4v) is 3.51. The van der Waals surface area contributed by atoms with Gasteiger partial charge in [-0.15, -0.1) is 12.3 Å². The first-order chi connectivity index (χ1) is 9.19. The zero-order chi connectivity index (χ0) is 15.5. The Balaban J connectivity index is 3.25. The Labute approximate surface area is 116 Å². The molecule has 7 heteroatoms. The Morgan fingerprint density at radius 2 is 1.95 bits per heavy atom. The Bertz CT molecular complexity index is 653. The van der Waals surface area contributed by atoms with E-state index >= 15 is 0 Å². The van der Waals surface area contributed by atoms with E-state index in [1.54, 1.807) is 0 Å². The summed E-state index contributed by atoms with van der Waals surface area (Å²) < 4.78 is 39.6. The monoisotopic (exact) mass is 299 g/mol. The normalized spacial score (nSPS) is 12.7. The van der Waals surface area contributed by atoms with Crippen molar-refractivity contribution in [3.8, 4) is 12.3 Å². The molecule has 1 unspecified atom stereocenters. The molecule has 0 heterocycles. The number of terminal acetylenes is 1. The minimum atomic E-state index is -4.10. The molecule has 5 nitrogen and oxygen atoms in total.